The predicted molar refractivity (Wildman–Crippen MR) is 86.5 cm³/mol. The van der Waals surface area contributed by atoms with E-state index in [1.54, 1.807) is 0 Å². The van der Waals surface area contributed by atoms with Crippen molar-refractivity contribution in [1.82, 2.24) is 10.6 Å². The highest BCUT2D eigenvalue weighted by Gasteiger charge is 2.12. The number of ether oxygens (including phenoxy) is 1. The van der Waals surface area contributed by atoms with Gasteiger partial charge in [0.1, 0.15) is 0 Å². The van der Waals surface area contributed by atoms with Gasteiger partial charge in [-0.1, -0.05) is 38.1 Å². The van der Waals surface area contributed by atoms with Crippen LogP contribution in [0.5, 0.6) is 0 Å². The normalized spacial score (nSPS) is 10.5. The molecule has 22 heavy (non-hydrogen) atoms. The highest BCUT2D eigenvalue weighted by molar-refractivity contribution is 6.35. The van der Waals surface area contributed by atoms with Crippen molar-refractivity contribution in [3.05, 3.63) is 35.4 Å². The molecule has 0 aliphatic rings. The van der Waals surface area contributed by atoms with Gasteiger partial charge in [-0.05, 0) is 30.4 Å². The third-order valence-electron chi connectivity index (χ3n) is 3.26. The van der Waals surface area contributed by atoms with Crippen molar-refractivity contribution >= 4 is 11.8 Å². The molecule has 2 N–H and O–H groups in total. The summed E-state index contributed by atoms with van der Waals surface area (Å²) in [6, 6.07) is 8.02. The highest BCUT2D eigenvalue weighted by atomic mass is 16.5. The average molecular weight is 306 g/mol. The zero-order chi connectivity index (χ0) is 16.4. The summed E-state index contributed by atoms with van der Waals surface area (Å²) in [5.41, 5.74) is 2.23. The Morgan fingerprint density at radius 2 is 1.73 bits per heavy atom. The van der Waals surface area contributed by atoms with Crippen molar-refractivity contribution in [2.45, 2.75) is 39.7 Å². The summed E-state index contributed by atoms with van der Waals surface area (Å²) < 4.78 is 5.16. The number of carbonyl (C=O) groups excluding carboxylic acids is 2. The molecular formula is C17H26N2O3. The number of hydrogen-bond donors (Lipinski definition) is 2. The van der Waals surface area contributed by atoms with Gasteiger partial charge < -0.3 is 15.4 Å². The van der Waals surface area contributed by atoms with E-state index in [4.69, 9.17) is 4.74 Å². The number of rotatable bonds is 8. The van der Waals surface area contributed by atoms with Crippen LogP contribution in [0.1, 0.15) is 44.2 Å². The zero-order valence-corrected chi connectivity index (χ0v) is 13.6. The molecule has 0 aliphatic heterocycles. The molecule has 5 nitrogen and oxygen atoms in total. The van der Waals surface area contributed by atoms with Crippen LogP contribution >= 0.6 is 0 Å². The van der Waals surface area contributed by atoms with Crippen molar-refractivity contribution in [2.75, 3.05) is 19.8 Å². The van der Waals surface area contributed by atoms with Gasteiger partial charge >= 0.3 is 11.8 Å². The van der Waals surface area contributed by atoms with E-state index in [2.05, 4.69) is 24.5 Å². The van der Waals surface area contributed by atoms with Gasteiger partial charge in [0, 0.05) is 26.3 Å². The van der Waals surface area contributed by atoms with Crippen LogP contribution in [0, 0.1) is 0 Å². The van der Waals surface area contributed by atoms with Crippen LogP contribution in [-0.4, -0.2) is 31.6 Å². The lowest BCUT2D eigenvalue weighted by atomic mass is 10.0. The Bertz CT molecular complexity index is 469. The highest BCUT2D eigenvalue weighted by Crippen LogP contribution is 2.14. The van der Waals surface area contributed by atoms with E-state index in [1.165, 1.54) is 5.56 Å². The Labute approximate surface area is 132 Å². The molecule has 0 aromatic heterocycles. The van der Waals surface area contributed by atoms with E-state index in [-0.39, 0.29) is 0 Å². The van der Waals surface area contributed by atoms with E-state index in [9.17, 15) is 9.59 Å². The van der Waals surface area contributed by atoms with Gasteiger partial charge in [-0.2, -0.15) is 0 Å². The second-order valence-corrected chi connectivity index (χ2v) is 5.39. The second-order valence-electron chi connectivity index (χ2n) is 5.39. The number of amides is 2. The summed E-state index contributed by atoms with van der Waals surface area (Å²) >= 11 is 0. The fourth-order valence-corrected chi connectivity index (χ4v) is 1.88. The molecule has 0 aliphatic carbocycles. The first kappa shape index (κ1) is 18.2. The van der Waals surface area contributed by atoms with Crippen molar-refractivity contribution in [3.63, 3.8) is 0 Å². The van der Waals surface area contributed by atoms with E-state index in [0.29, 0.717) is 38.6 Å². The first-order valence-electron chi connectivity index (χ1n) is 7.77. The summed E-state index contributed by atoms with van der Waals surface area (Å²) in [6.07, 6.45) is 0.698. The maximum atomic E-state index is 11.7. The maximum absolute atomic E-state index is 11.7. The van der Waals surface area contributed by atoms with E-state index in [1.807, 2.05) is 31.2 Å². The molecule has 0 unspecified atom stereocenters. The van der Waals surface area contributed by atoms with Gasteiger partial charge in [0.25, 0.3) is 0 Å². The fraction of sp³-hybridized carbons (Fsp3) is 0.529. The molecule has 0 saturated heterocycles. The zero-order valence-electron chi connectivity index (χ0n) is 13.6. The van der Waals surface area contributed by atoms with Gasteiger partial charge in [0.15, 0.2) is 0 Å². The lowest BCUT2D eigenvalue weighted by Gasteiger charge is -2.08. The molecule has 1 aromatic rings. The van der Waals surface area contributed by atoms with Gasteiger partial charge in [0.05, 0.1) is 0 Å². The number of nitrogens with one attached hydrogen (secondary N) is 2. The molecule has 1 aromatic carbocycles. The van der Waals surface area contributed by atoms with E-state index < -0.39 is 11.8 Å². The SMILES string of the molecule is CCOCCCNC(=O)C(=O)NCc1ccc(C(C)C)cc1. The van der Waals surface area contributed by atoms with Crippen LogP contribution in [-0.2, 0) is 20.9 Å². The lowest BCUT2D eigenvalue weighted by Crippen LogP contribution is -2.40. The Morgan fingerprint density at radius 1 is 1.09 bits per heavy atom. The quantitative estimate of drug-likeness (QED) is 0.570. The summed E-state index contributed by atoms with van der Waals surface area (Å²) in [4.78, 5) is 23.2. The summed E-state index contributed by atoms with van der Waals surface area (Å²) in [5, 5.41) is 5.19. The third-order valence-corrected chi connectivity index (χ3v) is 3.26. The summed E-state index contributed by atoms with van der Waals surface area (Å²) in [6.45, 7) is 8.21. The Hall–Kier alpha value is -1.88. The smallest absolute Gasteiger partial charge is 0.309 e. The molecule has 2 amide bonds. The Morgan fingerprint density at radius 3 is 2.32 bits per heavy atom. The minimum absolute atomic E-state index is 0.351. The molecule has 122 valence electrons. The molecule has 0 heterocycles. The van der Waals surface area contributed by atoms with Crippen LogP contribution in [0.25, 0.3) is 0 Å². The average Bonchev–Trinajstić information content (AvgIpc) is 2.52. The third kappa shape index (κ3) is 6.72. The van der Waals surface area contributed by atoms with Gasteiger partial charge in [-0.15, -0.1) is 0 Å². The topological polar surface area (TPSA) is 67.4 Å². The van der Waals surface area contributed by atoms with Gasteiger partial charge in [-0.3, -0.25) is 9.59 Å². The van der Waals surface area contributed by atoms with Gasteiger partial charge in [0.2, 0.25) is 0 Å². The molecule has 0 bridgehead atoms. The fourth-order valence-electron chi connectivity index (χ4n) is 1.88. The molecule has 5 heteroatoms. The Kier molecular flexibility index (Phi) is 8.22. The monoisotopic (exact) mass is 306 g/mol. The molecule has 1 rings (SSSR count). The largest absolute Gasteiger partial charge is 0.382 e. The molecule has 0 saturated carbocycles. The summed E-state index contributed by atoms with van der Waals surface area (Å²) in [5.74, 6) is -0.731. The molecule has 0 spiro atoms. The van der Waals surface area contributed by atoms with Crippen molar-refractivity contribution in [3.8, 4) is 0 Å². The van der Waals surface area contributed by atoms with Gasteiger partial charge in [-0.25, -0.2) is 0 Å². The minimum Gasteiger partial charge on any atom is -0.382 e. The first-order chi connectivity index (χ1) is 10.5. The van der Waals surface area contributed by atoms with Crippen LogP contribution in [0.4, 0.5) is 0 Å². The van der Waals surface area contributed by atoms with Crippen LogP contribution in [0.15, 0.2) is 24.3 Å². The molecule has 0 radical (unpaired) electrons. The van der Waals surface area contributed by atoms with Crippen molar-refractivity contribution in [2.24, 2.45) is 0 Å². The number of hydrogen-bond acceptors (Lipinski definition) is 3. The van der Waals surface area contributed by atoms with Crippen LogP contribution < -0.4 is 10.6 Å². The predicted octanol–water partition coefficient (Wildman–Crippen LogP) is 1.97. The molecular weight excluding hydrogens is 280 g/mol. The molecule has 0 atom stereocenters. The van der Waals surface area contributed by atoms with Crippen molar-refractivity contribution in [1.29, 1.82) is 0 Å². The summed E-state index contributed by atoms with van der Waals surface area (Å²) in [7, 11) is 0. The number of benzene rings is 1. The standard InChI is InChI=1S/C17H26N2O3/c1-4-22-11-5-10-18-16(20)17(21)19-12-14-6-8-15(9-7-14)13(2)3/h6-9,13H,4-5,10-12H2,1-3H3,(H,18,20)(H,19,21). The van der Waals surface area contributed by atoms with Crippen LogP contribution in [0.2, 0.25) is 0 Å². The van der Waals surface area contributed by atoms with E-state index >= 15 is 0 Å². The first-order valence-corrected chi connectivity index (χ1v) is 7.77. The van der Waals surface area contributed by atoms with Crippen LogP contribution in [0.3, 0.4) is 0 Å². The van der Waals surface area contributed by atoms with Crippen molar-refractivity contribution < 1.29 is 14.3 Å². The maximum Gasteiger partial charge on any atom is 0.309 e. The Balaban J connectivity index is 2.28. The lowest BCUT2D eigenvalue weighted by molar-refractivity contribution is -0.139. The minimum atomic E-state index is -0.607. The second kappa shape index (κ2) is 9.95. The van der Waals surface area contributed by atoms with E-state index in [0.717, 1.165) is 5.56 Å². The molecule has 0 fully saturated rings. The number of carbonyl (C=O) groups is 2.